The molecule has 178 valence electrons. The molecule has 10 heteroatoms. The summed E-state index contributed by atoms with van der Waals surface area (Å²) in [4.78, 5) is 49.2. The molecule has 0 fully saturated rings. The van der Waals surface area contributed by atoms with Gasteiger partial charge in [-0.15, -0.1) is 0 Å². The Hall–Kier alpha value is -3.01. The van der Waals surface area contributed by atoms with Crippen LogP contribution in [0.15, 0.2) is 24.3 Å². The van der Waals surface area contributed by atoms with Gasteiger partial charge in [0.1, 0.15) is 17.9 Å². The molecule has 0 heterocycles. The number of ether oxygens (including phenoxy) is 2. The molecular formula is C22H31FN2O7. The van der Waals surface area contributed by atoms with E-state index in [4.69, 9.17) is 9.47 Å². The molecular weight excluding hydrogens is 423 g/mol. The van der Waals surface area contributed by atoms with Crippen molar-refractivity contribution in [1.29, 1.82) is 0 Å². The number of halogens is 1. The highest BCUT2D eigenvalue weighted by Crippen LogP contribution is 2.23. The molecule has 0 aliphatic carbocycles. The highest BCUT2D eigenvalue weighted by atomic mass is 19.1. The van der Waals surface area contributed by atoms with Gasteiger partial charge in [0.25, 0.3) is 0 Å². The second-order valence-electron chi connectivity index (χ2n) is 7.50. The predicted molar refractivity (Wildman–Crippen MR) is 113 cm³/mol. The van der Waals surface area contributed by atoms with E-state index in [9.17, 15) is 28.7 Å². The van der Waals surface area contributed by atoms with Gasteiger partial charge in [-0.1, -0.05) is 12.1 Å². The van der Waals surface area contributed by atoms with E-state index < -0.39 is 53.7 Å². The van der Waals surface area contributed by atoms with Crippen molar-refractivity contribution in [1.82, 2.24) is 10.6 Å². The van der Waals surface area contributed by atoms with Crippen molar-refractivity contribution in [2.45, 2.75) is 58.0 Å². The summed E-state index contributed by atoms with van der Waals surface area (Å²) >= 11 is 0. The van der Waals surface area contributed by atoms with Gasteiger partial charge in [-0.2, -0.15) is 0 Å². The summed E-state index contributed by atoms with van der Waals surface area (Å²) < 4.78 is 22.9. The maximum absolute atomic E-state index is 13.2. The summed E-state index contributed by atoms with van der Waals surface area (Å²) in [5.41, 5.74) is -0.626. The number of carbonyl (C=O) groups is 4. The van der Waals surface area contributed by atoms with E-state index in [1.807, 2.05) is 0 Å². The Labute approximate surface area is 186 Å². The third kappa shape index (κ3) is 7.92. The third-order valence-corrected chi connectivity index (χ3v) is 4.77. The van der Waals surface area contributed by atoms with Crippen LogP contribution >= 0.6 is 0 Å². The minimum Gasteiger partial charge on any atom is -0.466 e. The number of esters is 2. The van der Waals surface area contributed by atoms with Crippen LogP contribution < -0.4 is 10.6 Å². The number of benzene rings is 1. The molecule has 0 aromatic heterocycles. The van der Waals surface area contributed by atoms with Crippen molar-refractivity contribution < 1.29 is 38.1 Å². The van der Waals surface area contributed by atoms with Gasteiger partial charge >= 0.3 is 11.9 Å². The molecule has 1 aromatic carbocycles. The smallest absolute Gasteiger partial charge is 0.328 e. The first-order valence-corrected chi connectivity index (χ1v) is 10.4. The number of aliphatic hydroxyl groups is 1. The monoisotopic (exact) mass is 454 g/mol. The highest BCUT2D eigenvalue weighted by molar-refractivity contribution is 5.94. The van der Waals surface area contributed by atoms with E-state index >= 15 is 0 Å². The van der Waals surface area contributed by atoms with Crippen molar-refractivity contribution in [3.63, 3.8) is 0 Å². The van der Waals surface area contributed by atoms with Crippen LogP contribution in [0.2, 0.25) is 0 Å². The summed E-state index contributed by atoms with van der Waals surface area (Å²) in [5, 5.41) is 14.5. The number of nitrogens with one attached hydrogen (secondary N) is 2. The van der Waals surface area contributed by atoms with Gasteiger partial charge in [-0.25, -0.2) is 9.18 Å². The predicted octanol–water partition coefficient (Wildman–Crippen LogP) is 0.972. The van der Waals surface area contributed by atoms with E-state index in [0.717, 1.165) is 0 Å². The zero-order valence-corrected chi connectivity index (χ0v) is 18.8. The van der Waals surface area contributed by atoms with Crippen LogP contribution in [0.3, 0.4) is 0 Å². The Morgan fingerprint density at radius 2 is 1.59 bits per heavy atom. The van der Waals surface area contributed by atoms with E-state index in [-0.39, 0.29) is 26.1 Å². The van der Waals surface area contributed by atoms with Gasteiger partial charge in [0.05, 0.1) is 25.2 Å². The van der Waals surface area contributed by atoms with Crippen molar-refractivity contribution in [3.8, 4) is 0 Å². The quantitative estimate of drug-likeness (QED) is 0.401. The first-order chi connectivity index (χ1) is 15.1. The topological polar surface area (TPSA) is 131 Å². The molecule has 1 aromatic rings. The molecule has 0 saturated carbocycles. The zero-order chi connectivity index (χ0) is 24.3. The average Bonchev–Trinajstić information content (AvgIpc) is 2.75. The second-order valence-corrected chi connectivity index (χ2v) is 7.50. The summed E-state index contributed by atoms with van der Waals surface area (Å²) in [6.45, 7) is 5.92. The zero-order valence-electron chi connectivity index (χ0n) is 18.8. The van der Waals surface area contributed by atoms with Gasteiger partial charge in [0.2, 0.25) is 11.8 Å². The Morgan fingerprint density at radius 1 is 1.00 bits per heavy atom. The second kappa shape index (κ2) is 12.7. The van der Waals surface area contributed by atoms with Gasteiger partial charge in [0, 0.05) is 6.42 Å². The minimum atomic E-state index is -1.36. The van der Waals surface area contributed by atoms with Crippen LogP contribution in [-0.2, 0) is 34.1 Å². The molecule has 0 unspecified atom stereocenters. The lowest BCUT2D eigenvalue weighted by Gasteiger charge is -2.27. The van der Waals surface area contributed by atoms with Crippen LogP contribution in [0.1, 0.15) is 46.1 Å². The number of amides is 2. The summed E-state index contributed by atoms with van der Waals surface area (Å²) in [6, 6.07) is 2.82. The van der Waals surface area contributed by atoms with Crippen LogP contribution in [-0.4, -0.2) is 60.8 Å². The first-order valence-electron chi connectivity index (χ1n) is 10.4. The third-order valence-electron chi connectivity index (χ3n) is 4.77. The van der Waals surface area contributed by atoms with E-state index in [2.05, 4.69) is 10.6 Å². The fraction of sp³-hybridized carbons (Fsp3) is 0.545. The molecule has 32 heavy (non-hydrogen) atoms. The summed E-state index contributed by atoms with van der Waals surface area (Å²) in [5.74, 6) is -3.15. The molecule has 1 rings (SSSR count). The summed E-state index contributed by atoms with van der Waals surface area (Å²) in [7, 11) is 0. The first kappa shape index (κ1) is 27.0. The SMILES string of the molecule is CCOC(=O)CC[C@@H](NC(=O)[C@H](CO)NC(=O)C(C)(C)c1ccc(F)cc1)C(=O)OCC. The summed E-state index contributed by atoms with van der Waals surface area (Å²) in [6.07, 6.45) is -0.206. The van der Waals surface area contributed by atoms with Gasteiger partial charge in [0.15, 0.2) is 0 Å². The molecule has 0 aliphatic heterocycles. The number of hydrogen-bond acceptors (Lipinski definition) is 7. The van der Waals surface area contributed by atoms with Crippen molar-refractivity contribution in [2.24, 2.45) is 0 Å². The van der Waals surface area contributed by atoms with Crippen LogP contribution in [0.4, 0.5) is 4.39 Å². The largest absolute Gasteiger partial charge is 0.466 e. The lowest BCUT2D eigenvalue weighted by Crippen LogP contribution is -2.56. The molecule has 0 saturated heterocycles. The number of hydrogen-bond donors (Lipinski definition) is 3. The Morgan fingerprint density at radius 3 is 2.12 bits per heavy atom. The minimum absolute atomic E-state index is 0.0661. The lowest BCUT2D eigenvalue weighted by molar-refractivity contribution is -0.149. The van der Waals surface area contributed by atoms with Crippen molar-refractivity contribution in [3.05, 3.63) is 35.6 Å². The van der Waals surface area contributed by atoms with Gasteiger partial charge in [-0.3, -0.25) is 14.4 Å². The Kier molecular flexibility index (Phi) is 10.8. The number of aliphatic hydroxyl groups excluding tert-OH is 1. The molecule has 2 amide bonds. The molecule has 2 atom stereocenters. The highest BCUT2D eigenvalue weighted by Gasteiger charge is 2.34. The Bertz CT molecular complexity index is 796. The van der Waals surface area contributed by atoms with Crippen LogP contribution in [0.25, 0.3) is 0 Å². The molecule has 0 radical (unpaired) electrons. The average molecular weight is 454 g/mol. The standard InChI is InChI=1S/C22H31FN2O7/c1-5-31-18(27)12-11-16(20(29)32-6-2)24-19(28)17(13-26)25-21(30)22(3,4)14-7-9-15(23)10-8-14/h7-10,16-17,26H,5-6,11-13H2,1-4H3,(H,24,28)(H,25,30)/t16-,17+/m1/s1. The van der Waals surface area contributed by atoms with Crippen molar-refractivity contribution >= 4 is 23.8 Å². The maximum atomic E-state index is 13.2. The fourth-order valence-electron chi connectivity index (χ4n) is 2.79. The van der Waals surface area contributed by atoms with E-state index in [0.29, 0.717) is 5.56 Å². The fourth-order valence-corrected chi connectivity index (χ4v) is 2.79. The Balaban J connectivity index is 2.87. The van der Waals surface area contributed by atoms with E-state index in [1.54, 1.807) is 27.7 Å². The van der Waals surface area contributed by atoms with Crippen LogP contribution in [0.5, 0.6) is 0 Å². The van der Waals surface area contributed by atoms with Crippen molar-refractivity contribution in [2.75, 3.05) is 19.8 Å². The molecule has 9 nitrogen and oxygen atoms in total. The molecule has 3 N–H and O–H groups in total. The molecule has 0 aliphatic rings. The molecule has 0 bridgehead atoms. The maximum Gasteiger partial charge on any atom is 0.328 e. The van der Waals surface area contributed by atoms with Gasteiger partial charge < -0.3 is 25.2 Å². The molecule has 0 spiro atoms. The van der Waals surface area contributed by atoms with E-state index in [1.165, 1.54) is 24.3 Å². The number of rotatable bonds is 12. The van der Waals surface area contributed by atoms with Gasteiger partial charge in [-0.05, 0) is 51.8 Å². The normalized spacial score (nSPS) is 12.9. The van der Waals surface area contributed by atoms with Crippen LogP contribution in [0, 0.1) is 5.82 Å². The lowest BCUT2D eigenvalue weighted by atomic mass is 9.83. The number of carbonyl (C=O) groups excluding carboxylic acids is 4.